The molecule has 2 N–H and O–H groups in total. The Morgan fingerprint density at radius 3 is 2.50 bits per heavy atom. The summed E-state index contributed by atoms with van der Waals surface area (Å²) in [5.74, 6) is -2.05. The van der Waals surface area contributed by atoms with E-state index in [0.717, 1.165) is 23.4 Å². The first-order chi connectivity index (χ1) is 18.9. The Labute approximate surface area is 243 Å². The third-order valence-corrected chi connectivity index (χ3v) is 7.21. The normalized spacial score (nSPS) is 11.3. The van der Waals surface area contributed by atoms with E-state index in [0.29, 0.717) is 27.1 Å². The minimum atomic E-state index is -1.17. The standard InChI is InChI=1S/C27H24Cl2FN5O4S/c1-27(2,3)16-5-9-23(20(29)11-16)35-26(32-33-34-35)40-14-24(36)31-22-8-4-15(10-19(22)28)18-7-6-17(12-21(18)30)39-13-25(37)38/h4-12H,13-14H2,1-3H3,(H,31,36)(H,37,38). The Hall–Kier alpha value is -3.67. The molecule has 0 spiro atoms. The molecule has 0 saturated carbocycles. The van der Waals surface area contributed by atoms with Crippen LogP contribution in [-0.2, 0) is 15.0 Å². The van der Waals surface area contributed by atoms with Crippen molar-refractivity contribution in [3.05, 3.63) is 76.0 Å². The Balaban J connectivity index is 1.41. The van der Waals surface area contributed by atoms with E-state index in [9.17, 15) is 14.0 Å². The number of hydrogen-bond donors (Lipinski definition) is 2. The first-order valence-electron chi connectivity index (χ1n) is 11.9. The maximum atomic E-state index is 14.6. The van der Waals surface area contributed by atoms with Gasteiger partial charge in [0.05, 0.1) is 27.2 Å². The number of aliphatic carboxylic acids is 1. The molecule has 0 fully saturated rings. The fraction of sp³-hybridized carbons (Fsp3) is 0.222. The molecule has 1 amide bonds. The molecule has 0 saturated heterocycles. The van der Waals surface area contributed by atoms with E-state index < -0.39 is 18.4 Å². The SMILES string of the molecule is CC(C)(C)c1ccc(-n2nnnc2SCC(=O)Nc2ccc(-c3ccc(OCC(=O)O)cc3F)cc2Cl)c(Cl)c1. The van der Waals surface area contributed by atoms with Crippen molar-refractivity contribution < 1.29 is 23.8 Å². The van der Waals surface area contributed by atoms with Crippen LogP contribution < -0.4 is 10.1 Å². The van der Waals surface area contributed by atoms with Crippen LogP contribution >= 0.6 is 35.0 Å². The zero-order valence-corrected chi connectivity index (χ0v) is 23.9. The third kappa shape index (κ3) is 7.09. The van der Waals surface area contributed by atoms with E-state index >= 15 is 0 Å². The number of halogens is 3. The fourth-order valence-corrected chi connectivity index (χ4v) is 4.80. The van der Waals surface area contributed by atoms with Gasteiger partial charge in [-0.1, -0.05) is 67.9 Å². The van der Waals surface area contributed by atoms with E-state index in [1.807, 2.05) is 18.2 Å². The minimum Gasteiger partial charge on any atom is -0.482 e. The number of anilines is 1. The van der Waals surface area contributed by atoms with Crippen LogP contribution in [0, 0.1) is 5.82 Å². The first-order valence-corrected chi connectivity index (χ1v) is 13.6. The molecule has 0 bridgehead atoms. The molecule has 40 heavy (non-hydrogen) atoms. The lowest BCUT2D eigenvalue weighted by Gasteiger charge is -2.20. The molecule has 1 aromatic heterocycles. The van der Waals surface area contributed by atoms with Crippen molar-refractivity contribution in [3.63, 3.8) is 0 Å². The second kappa shape index (κ2) is 12.2. The number of nitrogens with zero attached hydrogens (tertiary/aromatic N) is 4. The predicted octanol–water partition coefficient (Wildman–Crippen LogP) is 6.27. The maximum Gasteiger partial charge on any atom is 0.341 e. The number of aromatic nitrogens is 4. The van der Waals surface area contributed by atoms with Gasteiger partial charge in [-0.05, 0) is 63.4 Å². The number of rotatable bonds is 9. The number of hydrogen-bond acceptors (Lipinski definition) is 7. The summed E-state index contributed by atoms with van der Waals surface area (Å²) in [6, 6.07) is 14.4. The second-order valence-corrected chi connectivity index (χ2v) is 11.4. The van der Waals surface area contributed by atoms with Gasteiger partial charge in [0.2, 0.25) is 11.1 Å². The lowest BCUT2D eigenvalue weighted by molar-refractivity contribution is -0.139. The summed E-state index contributed by atoms with van der Waals surface area (Å²) < 4.78 is 21.1. The van der Waals surface area contributed by atoms with Gasteiger partial charge in [-0.3, -0.25) is 4.79 Å². The number of carboxylic acid groups (broad SMARTS) is 1. The number of carbonyl (C=O) groups excluding carboxylic acids is 1. The summed E-state index contributed by atoms with van der Waals surface area (Å²) in [5, 5.41) is 24.2. The lowest BCUT2D eigenvalue weighted by Crippen LogP contribution is -2.15. The zero-order chi connectivity index (χ0) is 29.0. The number of ether oxygens (including phenoxy) is 1. The number of nitrogens with one attached hydrogen (secondary N) is 1. The predicted molar refractivity (Wildman–Crippen MR) is 152 cm³/mol. The number of carboxylic acids is 1. The summed E-state index contributed by atoms with van der Waals surface area (Å²) in [4.78, 5) is 23.3. The molecule has 9 nitrogen and oxygen atoms in total. The summed E-state index contributed by atoms with van der Waals surface area (Å²) >= 11 is 14.0. The zero-order valence-electron chi connectivity index (χ0n) is 21.6. The van der Waals surface area contributed by atoms with Crippen molar-refractivity contribution in [3.8, 4) is 22.6 Å². The fourth-order valence-electron chi connectivity index (χ4n) is 3.63. The van der Waals surface area contributed by atoms with Crippen LogP contribution in [0.1, 0.15) is 26.3 Å². The molecule has 0 aliphatic carbocycles. The van der Waals surface area contributed by atoms with Crippen LogP contribution in [0.2, 0.25) is 10.0 Å². The van der Waals surface area contributed by atoms with Crippen LogP contribution in [0.5, 0.6) is 5.75 Å². The highest BCUT2D eigenvalue weighted by molar-refractivity contribution is 7.99. The second-order valence-electron chi connectivity index (χ2n) is 9.64. The van der Waals surface area contributed by atoms with Crippen molar-refractivity contribution in [1.82, 2.24) is 20.2 Å². The van der Waals surface area contributed by atoms with Gasteiger partial charge in [0.15, 0.2) is 6.61 Å². The number of benzene rings is 3. The van der Waals surface area contributed by atoms with E-state index in [1.165, 1.54) is 22.9 Å². The molecule has 0 atom stereocenters. The highest BCUT2D eigenvalue weighted by Gasteiger charge is 2.19. The molecule has 4 aromatic rings. The van der Waals surface area contributed by atoms with E-state index in [2.05, 4.69) is 41.6 Å². The highest BCUT2D eigenvalue weighted by atomic mass is 35.5. The van der Waals surface area contributed by atoms with Crippen molar-refractivity contribution in [2.75, 3.05) is 17.7 Å². The lowest BCUT2D eigenvalue weighted by atomic mass is 9.87. The molecule has 0 aliphatic rings. The van der Waals surface area contributed by atoms with Crippen molar-refractivity contribution in [2.45, 2.75) is 31.3 Å². The van der Waals surface area contributed by atoms with Crippen LogP contribution in [0.4, 0.5) is 10.1 Å². The quantitative estimate of drug-likeness (QED) is 0.215. The molecule has 4 rings (SSSR count). The van der Waals surface area contributed by atoms with Gasteiger partial charge < -0.3 is 15.2 Å². The van der Waals surface area contributed by atoms with Crippen molar-refractivity contribution >= 4 is 52.5 Å². The van der Waals surface area contributed by atoms with Crippen molar-refractivity contribution in [1.29, 1.82) is 0 Å². The largest absolute Gasteiger partial charge is 0.482 e. The van der Waals surface area contributed by atoms with Gasteiger partial charge >= 0.3 is 5.97 Å². The number of tetrazole rings is 1. The molecule has 0 radical (unpaired) electrons. The Kier molecular flexibility index (Phi) is 8.97. The summed E-state index contributed by atoms with van der Waals surface area (Å²) in [6.07, 6.45) is 0. The average molecular weight is 604 g/mol. The molecule has 208 valence electrons. The number of carbonyl (C=O) groups is 2. The number of amides is 1. The van der Waals surface area contributed by atoms with Gasteiger partial charge in [-0.25, -0.2) is 9.18 Å². The molecule has 0 unspecified atom stereocenters. The van der Waals surface area contributed by atoms with Crippen molar-refractivity contribution in [2.24, 2.45) is 0 Å². The highest BCUT2D eigenvalue weighted by Crippen LogP contribution is 2.33. The maximum absolute atomic E-state index is 14.6. The first kappa shape index (κ1) is 29.3. The molecule has 1 heterocycles. The average Bonchev–Trinajstić information content (AvgIpc) is 3.35. The topological polar surface area (TPSA) is 119 Å². The van der Waals surface area contributed by atoms with Crippen LogP contribution in [-0.4, -0.2) is 49.6 Å². The van der Waals surface area contributed by atoms with E-state index in [-0.39, 0.29) is 33.4 Å². The van der Waals surface area contributed by atoms with Gasteiger partial charge in [0, 0.05) is 11.6 Å². The number of thioether (sulfide) groups is 1. The Bertz CT molecular complexity index is 1580. The summed E-state index contributed by atoms with van der Waals surface area (Å²) in [6.45, 7) is 5.69. The molecular weight excluding hydrogens is 580 g/mol. The van der Waals surface area contributed by atoms with Crippen LogP contribution in [0.15, 0.2) is 59.8 Å². The van der Waals surface area contributed by atoms with Gasteiger partial charge in [-0.2, -0.15) is 4.68 Å². The van der Waals surface area contributed by atoms with Gasteiger partial charge in [0.1, 0.15) is 11.6 Å². The van der Waals surface area contributed by atoms with Gasteiger partial charge in [0.25, 0.3) is 0 Å². The molecule has 13 heteroatoms. The summed E-state index contributed by atoms with van der Waals surface area (Å²) in [5.41, 5.74) is 2.63. The summed E-state index contributed by atoms with van der Waals surface area (Å²) in [7, 11) is 0. The Morgan fingerprint density at radius 1 is 1.07 bits per heavy atom. The van der Waals surface area contributed by atoms with E-state index in [1.54, 1.807) is 12.1 Å². The van der Waals surface area contributed by atoms with E-state index in [4.69, 9.17) is 33.0 Å². The Morgan fingerprint density at radius 2 is 1.85 bits per heavy atom. The molecule has 0 aliphatic heterocycles. The van der Waals surface area contributed by atoms with Crippen LogP contribution in [0.3, 0.4) is 0 Å². The molecule has 3 aromatic carbocycles. The monoisotopic (exact) mass is 603 g/mol. The molecular formula is C27H24Cl2FN5O4S. The van der Waals surface area contributed by atoms with Crippen LogP contribution in [0.25, 0.3) is 16.8 Å². The third-order valence-electron chi connectivity index (χ3n) is 5.67. The smallest absolute Gasteiger partial charge is 0.341 e. The minimum absolute atomic E-state index is 0.0113. The van der Waals surface area contributed by atoms with Gasteiger partial charge in [-0.15, -0.1) is 5.10 Å².